The first kappa shape index (κ1) is 16.5. The number of aliphatic hydroxyl groups is 2. The van der Waals surface area contributed by atoms with E-state index in [0.717, 1.165) is 0 Å². The Hall–Kier alpha value is -1.98. The van der Waals surface area contributed by atoms with Crippen LogP contribution in [0.5, 0.6) is 0 Å². The predicted molar refractivity (Wildman–Crippen MR) is 106 cm³/mol. The first-order valence-electron chi connectivity index (χ1n) is 8.44. The van der Waals surface area contributed by atoms with E-state index in [9.17, 15) is 10.2 Å². The van der Waals surface area contributed by atoms with Crippen LogP contribution in [0.1, 0.15) is 12.5 Å². The van der Waals surface area contributed by atoms with Crippen LogP contribution in [-0.4, -0.2) is 29.0 Å². The van der Waals surface area contributed by atoms with Crippen molar-refractivity contribution in [3.05, 3.63) is 60.2 Å². The van der Waals surface area contributed by atoms with Gasteiger partial charge in [0.2, 0.25) is 0 Å². The summed E-state index contributed by atoms with van der Waals surface area (Å²) in [6, 6.07) is 19.2. The van der Waals surface area contributed by atoms with Gasteiger partial charge < -0.3 is 15.5 Å². The third-order valence-corrected chi connectivity index (χ3v) is 5.99. The van der Waals surface area contributed by atoms with Crippen molar-refractivity contribution in [2.24, 2.45) is 0 Å². The average molecular weight is 351 g/mol. The standard InChI is InChI=1S/C21H21NO2S/c1-21(12-23,13-24)22-11-14-10-19-20(16-7-3-2-6-15(14)16)17-8-4-5-9-18(17)25-19/h2-10,22-24H,11-13H2,1H3. The van der Waals surface area contributed by atoms with Crippen molar-refractivity contribution in [3.8, 4) is 0 Å². The Balaban J connectivity index is 1.91. The number of nitrogens with one attached hydrogen (secondary N) is 1. The molecule has 0 unspecified atom stereocenters. The lowest BCUT2D eigenvalue weighted by atomic mass is 9.98. The highest BCUT2D eigenvalue weighted by molar-refractivity contribution is 7.26. The van der Waals surface area contributed by atoms with Gasteiger partial charge in [-0.25, -0.2) is 0 Å². The summed E-state index contributed by atoms with van der Waals surface area (Å²) in [5, 5.41) is 27.4. The molecule has 0 aliphatic heterocycles. The largest absolute Gasteiger partial charge is 0.394 e. The average Bonchev–Trinajstić information content (AvgIpc) is 3.04. The Morgan fingerprint density at radius 3 is 2.24 bits per heavy atom. The molecule has 3 aromatic carbocycles. The highest BCUT2D eigenvalue weighted by Crippen LogP contribution is 2.39. The normalized spacial score (nSPS) is 12.4. The van der Waals surface area contributed by atoms with E-state index in [0.29, 0.717) is 6.54 Å². The molecule has 0 spiro atoms. The Morgan fingerprint density at radius 1 is 0.880 bits per heavy atom. The minimum Gasteiger partial charge on any atom is -0.394 e. The van der Waals surface area contributed by atoms with Crippen molar-refractivity contribution < 1.29 is 10.2 Å². The lowest BCUT2D eigenvalue weighted by molar-refractivity contribution is 0.103. The Morgan fingerprint density at radius 2 is 1.52 bits per heavy atom. The number of fused-ring (bicyclic) bond motifs is 5. The first-order valence-corrected chi connectivity index (χ1v) is 9.25. The van der Waals surface area contributed by atoms with Gasteiger partial charge >= 0.3 is 0 Å². The summed E-state index contributed by atoms with van der Waals surface area (Å²) in [6.45, 7) is 2.22. The van der Waals surface area contributed by atoms with Crippen molar-refractivity contribution in [2.45, 2.75) is 19.0 Å². The third-order valence-electron chi connectivity index (χ3n) is 4.87. The van der Waals surface area contributed by atoms with Crippen LogP contribution in [0.2, 0.25) is 0 Å². The summed E-state index contributed by atoms with van der Waals surface area (Å²) in [5.74, 6) is 0. The second-order valence-electron chi connectivity index (χ2n) is 6.78. The minimum atomic E-state index is -0.684. The molecule has 4 heteroatoms. The van der Waals surface area contributed by atoms with Gasteiger partial charge in [0.25, 0.3) is 0 Å². The summed E-state index contributed by atoms with van der Waals surface area (Å²) in [7, 11) is 0. The van der Waals surface area contributed by atoms with Crippen LogP contribution in [0.3, 0.4) is 0 Å². The number of hydrogen-bond donors (Lipinski definition) is 3. The molecule has 25 heavy (non-hydrogen) atoms. The van der Waals surface area contributed by atoms with Gasteiger partial charge in [0, 0.05) is 26.7 Å². The number of thiophene rings is 1. The topological polar surface area (TPSA) is 52.5 Å². The van der Waals surface area contributed by atoms with Gasteiger partial charge in [0.05, 0.1) is 18.8 Å². The van der Waals surface area contributed by atoms with E-state index < -0.39 is 5.54 Å². The van der Waals surface area contributed by atoms with Crippen LogP contribution < -0.4 is 5.32 Å². The minimum absolute atomic E-state index is 0.105. The van der Waals surface area contributed by atoms with E-state index in [1.165, 1.54) is 36.5 Å². The monoisotopic (exact) mass is 351 g/mol. The smallest absolute Gasteiger partial charge is 0.0633 e. The lowest BCUT2D eigenvalue weighted by Crippen LogP contribution is -2.48. The molecule has 3 N–H and O–H groups in total. The zero-order valence-corrected chi connectivity index (χ0v) is 14.9. The molecule has 128 valence electrons. The highest BCUT2D eigenvalue weighted by Gasteiger charge is 2.22. The van der Waals surface area contributed by atoms with Gasteiger partial charge in [-0.05, 0) is 35.4 Å². The summed E-state index contributed by atoms with van der Waals surface area (Å²) in [6.07, 6.45) is 0. The van der Waals surface area contributed by atoms with E-state index in [1.807, 2.05) is 18.3 Å². The molecule has 0 radical (unpaired) electrons. The summed E-state index contributed by atoms with van der Waals surface area (Å²) in [5.41, 5.74) is 0.499. The van der Waals surface area contributed by atoms with Crippen molar-refractivity contribution in [3.63, 3.8) is 0 Å². The van der Waals surface area contributed by atoms with Gasteiger partial charge in [-0.2, -0.15) is 0 Å². The summed E-state index contributed by atoms with van der Waals surface area (Å²) in [4.78, 5) is 0. The maximum absolute atomic E-state index is 9.52. The zero-order chi connectivity index (χ0) is 17.4. The molecule has 1 aromatic heterocycles. The molecule has 1 heterocycles. The molecular formula is C21H21NO2S. The van der Waals surface area contributed by atoms with Gasteiger partial charge in [-0.15, -0.1) is 11.3 Å². The number of benzene rings is 3. The zero-order valence-electron chi connectivity index (χ0n) is 14.1. The summed E-state index contributed by atoms with van der Waals surface area (Å²) >= 11 is 1.81. The van der Waals surface area contributed by atoms with Gasteiger partial charge in [0.1, 0.15) is 0 Å². The van der Waals surface area contributed by atoms with Crippen LogP contribution in [0.4, 0.5) is 0 Å². The lowest BCUT2D eigenvalue weighted by Gasteiger charge is -2.26. The molecule has 0 aliphatic rings. The van der Waals surface area contributed by atoms with Crippen LogP contribution >= 0.6 is 11.3 Å². The van der Waals surface area contributed by atoms with E-state index in [1.54, 1.807) is 0 Å². The fourth-order valence-corrected chi connectivity index (χ4v) is 4.46. The van der Waals surface area contributed by atoms with Crippen LogP contribution in [0.25, 0.3) is 30.9 Å². The van der Waals surface area contributed by atoms with Gasteiger partial charge in [-0.1, -0.05) is 42.5 Å². The Kier molecular flexibility index (Phi) is 4.21. The van der Waals surface area contributed by atoms with Crippen LogP contribution in [-0.2, 0) is 6.54 Å². The summed E-state index contributed by atoms with van der Waals surface area (Å²) < 4.78 is 2.56. The molecule has 4 rings (SSSR count). The molecule has 3 nitrogen and oxygen atoms in total. The molecule has 0 fully saturated rings. The molecule has 0 saturated heterocycles. The molecule has 0 aliphatic carbocycles. The number of aliphatic hydroxyl groups excluding tert-OH is 2. The van der Waals surface area contributed by atoms with Crippen molar-refractivity contribution in [1.29, 1.82) is 0 Å². The SMILES string of the molecule is CC(CO)(CO)NCc1cc2sc3ccccc3c2c2ccccc12. The van der Waals surface area contributed by atoms with Crippen LogP contribution in [0, 0.1) is 0 Å². The maximum Gasteiger partial charge on any atom is 0.0633 e. The molecule has 0 atom stereocenters. The number of hydrogen-bond acceptors (Lipinski definition) is 4. The van der Waals surface area contributed by atoms with Crippen molar-refractivity contribution >= 4 is 42.3 Å². The van der Waals surface area contributed by atoms with Gasteiger partial charge in [-0.3, -0.25) is 0 Å². The molecular weight excluding hydrogens is 330 g/mol. The van der Waals surface area contributed by atoms with Crippen molar-refractivity contribution in [1.82, 2.24) is 5.32 Å². The quantitative estimate of drug-likeness (QED) is 0.509. The van der Waals surface area contributed by atoms with Crippen LogP contribution in [0.15, 0.2) is 54.6 Å². The second kappa shape index (κ2) is 6.39. The van der Waals surface area contributed by atoms with E-state index >= 15 is 0 Å². The highest BCUT2D eigenvalue weighted by atomic mass is 32.1. The van der Waals surface area contributed by atoms with E-state index in [2.05, 4.69) is 59.9 Å². The Bertz CT molecular complexity index is 1050. The first-order chi connectivity index (χ1) is 12.1. The maximum atomic E-state index is 9.52. The van der Waals surface area contributed by atoms with Gasteiger partial charge in [0.15, 0.2) is 0 Å². The number of rotatable bonds is 5. The van der Waals surface area contributed by atoms with E-state index in [4.69, 9.17) is 0 Å². The predicted octanol–water partition coefficient (Wildman–Crippen LogP) is 4.04. The molecule has 4 aromatic rings. The van der Waals surface area contributed by atoms with E-state index in [-0.39, 0.29) is 13.2 Å². The fourth-order valence-electron chi connectivity index (χ4n) is 3.28. The molecule has 0 saturated carbocycles. The van der Waals surface area contributed by atoms with Crippen molar-refractivity contribution in [2.75, 3.05) is 13.2 Å². The third kappa shape index (κ3) is 2.81. The second-order valence-corrected chi connectivity index (χ2v) is 7.87. The Labute approximate surface area is 150 Å². The molecule has 0 amide bonds. The molecule has 0 bridgehead atoms. The fraction of sp³-hybridized carbons (Fsp3) is 0.238.